The number of aromatic hydroxyl groups is 2. The molecule has 2 aromatic carbocycles. The Kier molecular flexibility index (Phi) is 3.13. The van der Waals surface area contributed by atoms with Gasteiger partial charge in [0.2, 0.25) is 5.75 Å². The fourth-order valence-corrected chi connectivity index (χ4v) is 2.73. The molecule has 0 saturated heterocycles. The summed E-state index contributed by atoms with van der Waals surface area (Å²) in [6, 6.07) is 6.62. The van der Waals surface area contributed by atoms with E-state index in [1.807, 2.05) is 0 Å². The molecule has 3 rings (SSSR count). The average molecular weight is 336 g/mol. The number of carbonyl (C=O) groups excluding carboxylic acids is 2. The van der Waals surface area contributed by atoms with E-state index in [1.165, 1.54) is 24.3 Å². The van der Waals surface area contributed by atoms with Crippen LogP contribution in [-0.2, 0) is 10.4 Å². The summed E-state index contributed by atoms with van der Waals surface area (Å²) < 4.78 is 34.3. The predicted octanol–water partition coefficient (Wildman–Crippen LogP) is 1.05. The molecule has 0 spiro atoms. The minimum absolute atomic E-state index is 0.0446. The van der Waals surface area contributed by atoms with E-state index >= 15 is 0 Å². The Balaban J connectivity index is 2.29. The first-order valence-corrected chi connectivity index (χ1v) is 7.51. The second-order valence-corrected chi connectivity index (χ2v) is 5.73. The third-order valence-electron chi connectivity index (χ3n) is 3.32. The minimum atomic E-state index is -5.00. The number of rotatable bonds is 2. The highest BCUT2D eigenvalue weighted by Crippen LogP contribution is 2.44. The number of phenolic OH excluding ortho intramolecular Hbond substituents is 2. The van der Waals surface area contributed by atoms with Crippen LogP contribution < -0.4 is 4.18 Å². The van der Waals surface area contributed by atoms with Gasteiger partial charge in [-0.3, -0.25) is 14.1 Å². The molecule has 0 atom stereocenters. The van der Waals surface area contributed by atoms with Crippen LogP contribution in [0.5, 0.6) is 17.2 Å². The predicted molar refractivity (Wildman–Crippen MR) is 75.3 cm³/mol. The molecule has 3 N–H and O–H groups in total. The van der Waals surface area contributed by atoms with Crippen molar-refractivity contribution in [3.05, 3.63) is 52.6 Å². The van der Waals surface area contributed by atoms with Crippen molar-refractivity contribution in [1.29, 1.82) is 0 Å². The first-order valence-electron chi connectivity index (χ1n) is 6.15. The molecule has 0 aromatic heterocycles. The van der Waals surface area contributed by atoms with Gasteiger partial charge >= 0.3 is 10.4 Å². The Labute approximate surface area is 129 Å². The van der Waals surface area contributed by atoms with Gasteiger partial charge in [-0.1, -0.05) is 24.3 Å². The molecule has 23 heavy (non-hydrogen) atoms. The third-order valence-corrected chi connectivity index (χ3v) is 3.71. The van der Waals surface area contributed by atoms with Gasteiger partial charge < -0.3 is 14.4 Å². The molecule has 0 fully saturated rings. The van der Waals surface area contributed by atoms with Crippen LogP contribution in [0.3, 0.4) is 0 Å². The molecule has 0 heterocycles. The zero-order valence-corrected chi connectivity index (χ0v) is 12.0. The van der Waals surface area contributed by atoms with Crippen LogP contribution in [0.25, 0.3) is 0 Å². The molecule has 1 aliphatic rings. The smallest absolute Gasteiger partial charge is 0.446 e. The van der Waals surface area contributed by atoms with E-state index in [9.17, 15) is 28.2 Å². The van der Waals surface area contributed by atoms with E-state index in [0.717, 1.165) is 6.07 Å². The van der Waals surface area contributed by atoms with Crippen LogP contribution in [0, 0.1) is 0 Å². The van der Waals surface area contributed by atoms with Gasteiger partial charge in [0.1, 0.15) is 0 Å². The van der Waals surface area contributed by atoms with E-state index in [2.05, 4.69) is 4.18 Å². The summed E-state index contributed by atoms with van der Waals surface area (Å²) in [5, 5.41) is 19.7. The maximum Gasteiger partial charge on any atom is 0.446 e. The lowest BCUT2D eigenvalue weighted by Gasteiger charge is -2.19. The molecular formula is C14H8O8S. The zero-order valence-electron chi connectivity index (χ0n) is 11.2. The molecule has 2 aromatic rings. The van der Waals surface area contributed by atoms with Crippen LogP contribution in [0.15, 0.2) is 30.3 Å². The van der Waals surface area contributed by atoms with Gasteiger partial charge in [-0.15, -0.1) is 0 Å². The molecule has 0 amide bonds. The van der Waals surface area contributed by atoms with Crippen LogP contribution in [0.1, 0.15) is 31.8 Å². The van der Waals surface area contributed by atoms with Crippen LogP contribution in [0.2, 0.25) is 0 Å². The lowest BCUT2D eigenvalue weighted by Crippen LogP contribution is -2.21. The molecule has 0 unspecified atom stereocenters. The standard InChI is InChI=1S/C14H8O8S/c15-11-6-3-1-2-4-7(6)12(16)10-8(11)5-9(13(17)14(10)18)22-23(19,20)21/h1-5,17-18H,(H,19,20,21). The lowest BCUT2D eigenvalue weighted by atomic mass is 9.83. The minimum Gasteiger partial charge on any atom is -0.504 e. The first-order chi connectivity index (χ1) is 10.7. The van der Waals surface area contributed by atoms with Gasteiger partial charge in [0.25, 0.3) is 0 Å². The number of phenols is 2. The van der Waals surface area contributed by atoms with E-state index in [0.29, 0.717) is 0 Å². The Morgan fingerprint density at radius 2 is 1.43 bits per heavy atom. The van der Waals surface area contributed by atoms with Gasteiger partial charge in [-0.25, -0.2) is 0 Å². The highest BCUT2D eigenvalue weighted by Gasteiger charge is 2.35. The van der Waals surface area contributed by atoms with E-state index in [4.69, 9.17) is 4.55 Å². The summed E-state index contributed by atoms with van der Waals surface area (Å²) in [5.74, 6) is -4.33. The van der Waals surface area contributed by atoms with Gasteiger partial charge in [-0.05, 0) is 6.07 Å². The second-order valence-electron chi connectivity index (χ2n) is 4.71. The Bertz CT molecular complexity index is 975. The van der Waals surface area contributed by atoms with Crippen molar-refractivity contribution < 1.29 is 37.0 Å². The molecule has 9 heteroatoms. The van der Waals surface area contributed by atoms with Crippen LogP contribution >= 0.6 is 0 Å². The van der Waals surface area contributed by atoms with Crippen molar-refractivity contribution in [2.75, 3.05) is 0 Å². The molecule has 0 aliphatic heterocycles. The fraction of sp³-hybridized carbons (Fsp3) is 0. The maximum atomic E-state index is 12.4. The quantitative estimate of drug-likeness (QED) is 0.466. The number of benzene rings is 2. The molecule has 1 aliphatic carbocycles. The highest BCUT2D eigenvalue weighted by molar-refractivity contribution is 7.81. The summed E-state index contributed by atoms with van der Waals surface area (Å²) >= 11 is 0. The number of hydrogen-bond acceptors (Lipinski definition) is 7. The highest BCUT2D eigenvalue weighted by atomic mass is 32.3. The summed E-state index contributed by atoms with van der Waals surface area (Å²) in [4.78, 5) is 24.8. The van der Waals surface area contributed by atoms with Gasteiger partial charge in [0, 0.05) is 16.7 Å². The summed E-state index contributed by atoms with van der Waals surface area (Å²) in [5.41, 5.74) is -0.701. The van der Waals surface area contributed by atoms with Crippen LogP contribution in [0.4, 0.5) is 0 Å². The molecular weight excluding hydrogens is 328 g/mol. The van der Waals surface area contributed by atoms with E-state index < -0.39 is 44.8 Å². The summed E-state index contributed by atoms with van der Waals surface area (Å²) in [6.07, 6.45) is 0. The van der Waals surface area contributed by atoms with Gasteiger partial charge in [0.05, 0.1) is 5.56 Å². The monoisotopic (exact) mass is 336 g/mol. The van der Waals surface area contributed by atoms with Crippen molar-refractivity contribution >= 4 is 22.0 Å². The molecule has 8 nitrogen and oxygen atoms in total. The number of fused-ring (bicyclic) bond motifs is 2. The van der Waals surface area contributed by atoms with Crippen molar-refractivity contribution in [2.24, 2.45) is 0 Å². The van der Waals surface area contributed by atoms with E-state index in [-0.39, 0.29) is 16.7 Å². The Morgan fingerprint density at radius 3 is 2.00 bits per heavy atom. The van der Waals surface area contributed by atoms with Crippen molar-refractivity contribution in [3.63, 3.8) is 0 Å². The second kappa shape index (κ2) is 4.80. The number of hydrogen-bond donors (Lipinski definition) is 3. The van der Waals surface area contributed by atoms with Gasteiger partial charge in [0.15, 0.2) is 23.1 Å². The third kappa shape index (κ3) is 2.31. The van der Waals surface area contributed by atoms with Crippen molar-refractivity contribution in [3.8, 4) is 17.2 Å². The summed E-state index contributed by atoms with van der Waals surface area (Å²) in [7, 11) is -5.00. The lowest BCUT2D eigenvalue weighted by molar-refractivity contribution is 0.0976. The molecule has 118 valence electrons. The normalized spacial score (nSPS) is 13.4. The number of carbonyl (C=O) groups is 2. The average Bonchev–Trinajstić information content (AvgIpc) is 2.48. The SMILES string of the molecule is O=C1c2ccccc2C(=O)c2c1cc(OS(=O)(=O)O)c(O)c2O. The Morgan fingerprint density at radius 1 is 0.870 bits per heavy atom. The van der Waals surface area contributed by atoms with Gasteiger partial charge in [-0.2, -0.15) is 8.42 Å². The van der Waals surface area contributed by atoms with Crippen molar-refractivity contribution in [1.82, 2.24) is 0 Å². The van der Waals surface area contributed by atoms with E-state index in [1.54, 1.807) is 0 Å². The first kappa shape index (κ1) is 15.0. The molecule has 0 radical (unpaired) electrons. The summed E-state index contributed by atoms with van der Waals surface area (Å²) in [6.45, 7) is 0. The fourth-order valence-electron chi connectivity index (χ4n) is 2.38. The van der Waals surface area contributed by atoms with Crippen molar-refractivity contribution in [2.45, 2.75) is 0 Å². The van der Waals surface area contributed by atoms with Crippen LogP contribution in [-0.4, -0.2) is 34.8 Å². The maximum absolute atomic E-state index is 12.4. The topological polar surface area (TPSA) is 138 Å². The molecule has 0 saturated carbocycles. The molecule has 0 bridgehead atoms. The zero-order chi connectivity index (χ0) is 16.9. The number of ketones is 2. The largest absolute Gasteiger partial charge is 0.504 e. The Hall–Kier alpha value is -2.91.